The molecule has 0 aliphatic heterocycles. The fraction of sp³-hybridized carbons (Fsp3) is 0.600. The minimum Gasteiger partial charge on any atom is -0.490 e. The van der Waals surface area contributed by atoms with Crippen LogP contribution in [0.15, 0.2) is 12.1 Å². The van der Waals surface area contributed by atoms with Crippen LogP contribution in [0.5, 0.6) is 5.75 Å². The molecule has 0 aliphatic rings. The quantitative estimate of drug-likeness (QED) is 0.767. The summed E-state index contributed by atoms with van der Waals surface area (Å²) >= 11 is 0. The first kappa shape index (κ1) is 14.0. The molecule has 96 valence electrons. The summed E-state index contributed by atoms with van der Waals surface area (Å²) in [5.41, 5.74) is 9.41. The summed E-state index contributed by atoms with van der Waals surface area (Å²) in [6.45, 7) is 9.19. The number of aryl methyl sites for hydroxylation is 2. The van der Waals surface area contributed by atoms with Gasteiger partial charge in [0.15, 0.2) is 0 Å². The lowest BCUT2D eigenvalue weighted by molar-refractivity contribution is 0.238. The molecule has 1 rings (SSSR count). The summed E-state index contributed by atoms with van der Waals surface area (Å²) in [7, 11) is 0. The molecule has 0 unspecified atom stereocenters. The van der Waals surface area contributed by atoms with Crippen LogP contribution in [0.1, 0.15) is 43.4 Å². The highest BCUT2D eigenvalue weighted by molar-refractivity contribution is 5.45. The number of ether oxygens (including phenoxy) is 1. The van der Waals surface area contributed by atoms with Crippen LogP contribution in [0, 0.1) is 13.8 Å². The van der Waals surface area contributed by atoms with Gasteiger partial charge in [-0.25, -0.2) is 0 Å². The maximum atomic E-state index is 5.96. The van der Waals surface area contributed by atoms with Crippen LogP contribution in [0.25, 0.3) is 0 Å². The molecular formula is C15H25NO. The van der Waals surface area contributed by atoms with Gasteiger partial charge in [0.2, 0.25) is 0 Å². The van der Waals surface area contributed by atoms with Gasteiger partial charge in [0.25, 0.3) is 0 Å². The minimum absolute atomic E-state index is 0.226. The van der Waals surface area contributed by atoms with Crippen molar-refractivity contribution in [1.29, 1.82) is 0 Å². The largest absolute Gasteiger partial charge is 0.490 e. The van der Waals surface area contributed by atoms with E-state index < -0.39 is 0 Å². The van der Waals surface area contributed by atoms with E-state index in [4.69, 9.17) is 10.5 Å². The van der Waals surface area contributed by atoms with Crippen LogP contribution >= 0.6 is 0 Å². The Morgan fingerprint density at radius 2 is 1.88 bits per heavy atom. The van der Waals surface area contributed by atoms with E-state index in [1.165, 1.54) is 16.7 Å². The fourth-order valence-electron chi connectivity index (χ4n) is 1.90. The number of unbranched alkanes of at least 4 members (excludes halogenated alkanes) is 1. The molecule has 2 N–H and O–H groups in total. The Balaban J connectivity index is 2.90. The number of hydrogen-bond acceptors (Lipinski definition) is 2. The highest BCUT2D eigenvalue weighted by Gasteiger charge is 2.10. The van der Waals surface area contributed by atoms with E-state index in [2.05, 4.69) is 39.8 Å². The molecule has 0 atom stereocenters. The first-order valence-corrected chi connectivity index (χ1v) is 6.52. The summed E-state index contributed by atoms with van der Waals surface area (Å²) < 4.78 is 5.96. The monoisotopic (exact) mass is 235 g/mol. The third-order valence-electron chi connectivity index (χ3n) is 3.01. The van der Waals surface area contributed by atoms with E-state index >= 15 is 0 Å². The molecule has 0 aliphatic carbocycles. The summed E-state index contributed by atoms with van der Waals surface area (Å²) in [6.07, 6.45) is 3.49. The molecule has 0 amide bonds. The number of rotatable bonds is 6. The second-order valence-electron chi connectivity index (χ2n) is 4.91. The van der Waals surface area contributed by atoms with Crippen molar-refractivity contribution < 1.29 is 4.74 Å². The summed E-state index contributed by atoms with van der Waals surface area (Å²) in [5, 5.41) is 0. The van der Waals surface area contributed by atoms with Crippen molar-refractivity contribution in [2.24, 2.45) is 5.73 Å². The van der Waals surface area contributed by atoms with Crippen LogP contribution in [0.3, 0.4) is 0 Å². The van der Waals surface area contributed by atoms with Gasteiger partial charge < -0.3 is 10.5 Å². The first-order chi connectivity index (χ1) is 8.06. The molecule has 0 saturated carbocycles. The SMILES string of the molecule is Cc1ccc(CCCCN)c(OC(C)C)c1C. The van der Waals surface area contributed by atoms with Gasteiger partial charge in [0.05, 0.1) is 6.10 Å². The molecule has 0 heterocycles. The molecule has 0 radical (unpaired) electrons. The van der Waals surface area contributed by atoms with Gasteiger partial charge in [0.1, 0.15) is 5.75 Å². The van der Waals surface area contributed by atoms with E-state index in [0.29, 0.717) is 0 Å². The summed E-state index contributed by atoms with van der Waals surface area (Å²) in [5.74, 6) is 1.08. The highest BCUT2D eigenvalue weighted by Crippen LogP contribution is 2.28. The molecule has 0 aromatic heterocycles. The zero-order chi connectivity index (χ0) is 12.8. The Morgan fingerprint density at radius 3 is 2.47 bits per heavy atom. The van der Waals surface area contributed by atoms with Crippen molar-refractivity contribution in [3.63, 3.8) is 0 Å². The van der Waals surface area contributed by atoms with Crippen molar-refractivity contribution in [3.05, 3.63) is 28.8 Å². The van der Waals surface area contributed by atoms with E-state index in [9.17, 15) is 0 Å². The van der Waals surface area contributed by atoms with Gasteiger partial charge >= 0.3 is 0 Å². The lowest BCUT2D eigenvalue weighted by Crippen LogP contribution is -2.10. The summed E-state index contributed by atoms with van der Waals surface area (Å²) in [4.78, 5) is 0. The topological polar surface area (TPSA) is 35.2 Å². The zero-order valence-corrected chi connectivity index (χ0v) is 11.5. The molecule has 1 aromatic carbocycles. The van der Waals surface area contributed by atoms with Gasteiger partial charge in [-0.3, -0.25) is 0 Å². The average Bonchev–Trinajstić information content (AvgIpc) is 2.27. The van der Waals surface area contributed by atoms with Crippen LogP contribution in [-0.2, 0) is 6.42 Å². The van der Waals surface area contributed by atoms with Crippen molar-refractivity contribution in [1.82, 2.24) is 0 Å². The predicted octanol–water partition coefficient (Wildman–Crippen LogP) is 3.37. The smallest absolute Gasteiger partial charge is 0.126 e. The molecule has 17 heavy (non-hydrogen) atoms. The molecule has 1 aromatic rings. The lowest BCUT2D eigenvalue weighted by atomic mass is 10.0. The van der Waals surface area contributed by atoms with Gasteiger partial charge in [-0.15, -0.1) is 0 Å². The molecule has 0 bridgehead atoms. The third-order valence-corrected chi connectivity index (χ3v) is 3.01. The Labute approximate surface area is 105 Å². The normalized spacial score (nSPS) is 10.9. The molecular weight excluding hydrogens is 210 g/mol. The van der Waals surface area contributed by atoms with Crippen LogP contribution < -0.4 is 10.5 Å². The maximum absolute atomic E-state index is 5.96. The van der Waals surface area contributed by atoms with Gasteiger partial charge in [-0.05, 0) is 70.2 Å². The van der Waals surface area contributed by atoms with Crippen molar-refractivity contribution in [2.75, 3.05) is 6.54 Å². The van der Waals surface area contributed by atoms with Gasteiger partial charge in [-0.1, -0.05) is 12.1 Å². The number of nitrogens with two attached hydrogens (primary N) is 1. The second-order valence-corrected chi connectivity index (χ2v) is 4.91. The average molecular weight is 235 g/mol. The Hall–Kier alpha value is -1.02. The maximum Gasteiger partial charge on any atom is 0.126 e. The number of hydrogen-bond donors (Lipinski definition) is 1. The first-order valence-electron chi connectivity index (χ1n) is 6.52. The summed E-state index contributed by atoms with van der Waals surface area (Å²) in [6, 6.07) is 4.37. The Bertz CT molecular complexity index is 358. The van der Waals surface area contributed by atoms with Crippen molar-refractivity contribution in [2.45, 2.75) is 53.1 Å². The lowest BCUT2D eigenvalue weighted by Gasteiger charge is -2.18. The fourth-order valence-corrected chi connectivity index (χ4v) is 1.90. The zero-order valence-electron chi connectivity index (χ0n) is 11.5. The van der Waals surface area contributed by atoms with Crippen LogP contribution in [0.2, 0.25) is 0 Å². The molecule has 0 saturated heterocycles. The number of benzene rings is 1. The molecule has 2 heteroatoms. The molecule has 0 spiro atoms. The van der Waals surface area contributed by atoms with Crippen LogP contribution in [-0.4, -0.2) is 12.6 Å². The second kappa shape index (κ2) is 6.65. The van der Waals surface area contributed by atoms with Crippen molar-refractivity contribution >= 4 is 0 Å². The van der Waals surface area contributed by atoms with E-state index in [1.807, 2.05) is 0 Å². The van der Waals surface area contributed by atoms with E-state index in [1.54, 1.807) is 0 Å². The van der Waals surface area contributed by atoms with E-state index in [-0.39, 0.29) is 6.10 Å². The Kier molecular flexibility index (Phi) is 5.49. The molecule has 2 nitrogen and oxygen atoms in total. The Morgan fingerprint density at radius 1 is 1.18 bits per heavy atom. The third kappa shape index (κ3) is 4.04. The molecule has 0 fully saturated rings. The van der Waals surface area contributed by atoms with Crippen molar-refractivity contribution in [3.8, 4) is 5.75 Å². The van der Waals surface area contributed by atoms with Crippen LogP contribution in [0.4, 0.5) is 0 Å². The highest BCUT2D eigenvalue weighted by atomic mass is 16.5. The standard InChI is InChI=1S/C15H25NO/c1-11(2)17-15-13(4)12(3)8-9-14(15)7-5-6-10-16/h8-9,11H,5-7,10,16H2,1-4H3. The minimum atomic E-state index is 0.226. The van der Waals surface area contributed by atoms with E-state index in [0.717, 1.165) is 31.6 Å². The van der Waals surface area contributed by atoms with Gasteiger partial charge in [0, 0.05) is 0 Å². The predicted molar refractivity (Wildman–Crippen MR) is 73.7 cm³/mol. The van der Waals surface area contributed by atoms with Gasteiger partial charge in [-0.2, -0.15) is 0 Å².